The Morgan fingerprint density at radius 2 is 2.40 bits per heavy atom. The molecule has 0 aromatic carbocycles. The Bertz CT molecular complexity index is 397. The van der Waals surface area contributed by atoms with E-state index >= 15 is 0 Å². The van der Waals surface area contributed by atoms with Crippen LogP contribution in [-0.4, -0.2) is 49.0 Å². The second-order valence-corrected chi connectivity index (χ2v) is 5.23. The summed E-state index contributed by atoms with van der Waals surface area (Å²) >= 11 is 0. The first kappa shape index (κ1) is 15.2. The second-order valence-electron chi connectivity index (χ2n) is 5.23. The van der Waals surface area contributed by atoms with E-state index in [1.807, 2.05) is 12.3 Å². The number of anilines is 1. The first-order chi connectivity index (χ1) is 9.76. The summed E-state index contributed by atoms with van der Waals surface area (Å²) in [5.74, 6) is 0.916. The Hall–Kier alpha value is -1.17. The van der Waals surface area contributed by atoms with E-state index in [1.165, 1.54) is 5.56 Å². The van der Waals surface area contributed by atoms with Gasteiger partial charge in [-0.15, -0.1) is 0 Å². The molecule has 5 heteroatoms. The fourth-order valence-corrected chi connectivity index (χ4v) is 2.41. The molecule has 2 N–H and O–H groups in total. The van der Waals surface area contributed by atoms with Gasteiger partial charge in [-0.3, -0.25) is 0 Å². The van der Waals surface area contributed by atoms with E-state index < -0.39 is 0 Å². The molecular weight excluding hydrogens is 254 g/mol. The van der Waals surface area contributed by atoms with Gasteiger partial charge in [0.15, 0.2) is 0 Å². The summed E-state index contributed by atoms with van der Waals surface area (Å²) in [4.78, 5) is 6.67. The molecule has 0 aliphatic carbocycles. The molecule has 5 nitrogen and oxygen atoms in total. The minimum Gasteiger partial charge on any atom is -0.394 e. The summed E-state index contributed by atoms with van der Waals surface area (Å²) in [6.07, 6.45) is 3.05. The van der Waals surface area contributed by atoms with Crippen molar-refractivity contribution in [2.45, 2.75) is 32.4 Å². The lowest BCUT2D eigenvalue weighted by atomic mass is 10.1. The van der Waals surface area contributed by atoms with Crippen molar-refractivity contribution in [1.82, 2.24) is 10.3 Å². The Morgan fingerprint density at radius 3 is 3.05 bits per heavy atom. The summed E-state index contributed by atoms with van der Waals surface area (Å²) in [6, 6.07) is 4.47. The molecule has 112 valence electrons. The van der Waals surface area contributed by atoms with Crippen LogP contribution < -0.4 is 10.2 Å². The van der Waals surface area contributed by atoms with Gasteiger partial charge in [0.05, 0.1) is 25.9 Å². The van der Waals surface area contributed by atoms with Crippen molar-refractivity contribution in [1.29, 1.82) is 0 Å². The zero-order valence-corrected chi connectivity index (χ0v) is 12.4. The number of nitrogens with one attached hydrogen (secondary N) is 1. The summed E-state index contributed by atoms with van der Waals surface area (Å²) in [7, 11) is 0. The highest BCUT2D eigenvalue weighted by Gasteiger charge is 2.23. The lowest BCUT2D eigenvalue weighted by Gasteiger charge is -2.35. The van der Waals surface area contributed by atoms with Crippen molar-refractivity contribution >= 4 is 5.82 Å². The van der Waals surface area contributed by atoms with E-state index in [4.69, 9.17) is 4.74 Å². The smallest absolute Gasteiger partial charge is 0.128 e. The summed E-state index contributed by atoms with van der Waals surface area (Å²) < 4.78 is 5.39. The van der Waals surface area contributed by atoms with Crippen LogP contribution in [0.15, 0.2) is 18.3 Å². The molecule has 2 unspecified atom stereocenters. The van der Waals surface area contributed by atoms with Gasteiger partial charge in [0.1, 0.15) is 5.82 Å². The fraction of sp³-hybridized carbons (Fsp3) is 0.667. The Kier molecular flexibility index (Phi) is 5.76. The van der Waals surface area contributed by atoms with Crippen LogP contribution in [0.25, 0.3) is 0 Å². The van der Waals surface area contributed by atoms with Gasteiger partial charge in [-0.2, -0.15) is 0 Å². The number of aliphatic hydroxyl groups excluding tert-OH is 1. The minimum atomic E-state index is 0.0118. The van der Waals surface area contributed by atoms with Crippen LogP contribution in [-0.2, 0) is 4.74 Å². The molecule has 1 aliphatic rings. The van der Waals surface area contributed by atoms with Gasteiger partial charge in [-0.1, -0.05) is 13.0 Å². The summed E-state index contributed by atoms with van der Waals surface area (Å²) in [5.41, 5.74) is 1.19. The molecule has 0 bridgehead atoms. The van der Waals surface area contributed by atoms with Crippen LogP contribution >= 0.6 is 0 Å². The van der Waals surface area contributed by atoms with Crippen LogP contribution in [0, 0.1) is 0 Å². The van der Waals surface area contributed by atoms with E-state index in [1.54, 1.807) is 0 Å². The Balaban J connectivity index is 2.03. The zero-order chi connectivity index (χ0) is 14.4. The third kappa shape index (κ3) is 3.69. The number of aliphatic hydroxyl groups is 1. The number of ether oxygens (including phenoxy) is 1. The molecule has 0 saturated carbocycles. The number of aromatic nitrogens is 1. The maximum absolute atomic E-state index is 9.40. The average Bonchev–Trinajstić information content (AvgIpc) is 2.52. The normalized spacial score (nSPS) is 20.9. The number of hydrogen-bond donors (Lipinski definition) is 2. The Labute approximate surface area is 121 Å². The van der Waals surface area contributed by atoms with Gasteiger partial charge in [0.25, 0.3) is 0 Å². The molecule has 2 heterocycles. The molecule has 1 aliphatic heterocycles. The molecule has 1 aromatic rings. The van der Waals surface area contributed by atoms with Gasteiger partial charge in [0.2, 0.25) is 0 Å². The molecule has 2 rings (SSSR count). The third-order valence-corrected chi connectivity index (χ3v) is 3.70. The first-order valence-corrected chi connectivity index (χ1v) is 7.40. The SMILES string of the molecule is CCCNC(C)c1ccc(N2CCOCC2CO)nc1. The van der Waals surface area contributed by atoms with E-state index in [0.717, 1.165) is 25.3 Å². The highest BCUT2D eigenvalue weighted by atomic mass is 16.5. The van der Waals surface area contributed by atoms with Crippen LogP contribution in [0.5, 0.6) is 0 Å². The molecular formula is C15H25N3O2. The molecule has 2 atom stereocenters. The number of pyridine rings is 1. The largest absolute Gasteiger partial charge is 0.394 e. The number of nitrogens with zero attached hydrogens (tertiary/aromatic N) is 2. The molecule has 1 saturated heterocycles. The minimum absolute atomic E-state index is 0.0118. The zero-order valence-electron chi connectivity index (χ0n) is 12.4. The number of morpholine rings is 1. The van der Waals surface area contributed by atoms with E-state index in [-0.39, 0.29) is 12.6 Å². The average molecular weight is 279 g/mol. The number of hydrogen-bond acceptors (Lipinski definition) is 5. The monoisotopic (exact) mass is 279 g/mol. The quantitative estimate of drug-likeness (QED) is 0.823. The Morgan fingerprint density at radius 1 is 1.55 bits per heavy atom. The highest BCUT2D eigenvalue weighted by molar-refractivity contribution is 5.41. The van der Waals surface area contributed by atoms with E-state index in [2.05, 4.69) is 35.1 Å². The number of rotatable bonds is 6. The van der Waals surface area contributed by atoms with Crippen molar-refractivity contribution in [3.05, 3.63) is 23.9 Å². The van der Waals surface area contributed by atoms with Gasteiger partial charge < -0.3 is 20.1 Å². The lowest BCUT2D eigenvalue weighted by molar-refractivity contribution is 0.0723. The van der Waals surface area contributed by atoms with Crippen LogP contribution in [0.2, 0.25) is 0 Å². The summed E-state index contributed by atoms with van der Waals surface area (Å²) in [6.45, 7) is 7.45. The van der Waals surface area contributed by atoms with Crippen molar-refractivity contribution in [3.63, 3.8) is 0 Å². The van der Waals surface area contributed by atoms with E-state index in [9.17, 15) is 5.11 Å². The lowest BCUT2D eigenvalue weighted by Crippen LogP contribution is -2.48. The molecule has 0 radical (unpaired) electrons. The van der Waals surface area contributed by atoms with Gasteiger partial charge in [-0.05, 0) is 31.5 Å². The van der Waals surface area contributed by atoms with E-state index in [0.29, 0.717) is 19.3 Å². The van der Waals surface area contributed by atoms with Crippen molar-refractivity contribution in [2.24, 2.45) is 0 Å². The molecule has 0 spiro atoms. The standard InChI is InChI=1S/C15H25N3O2/c1-3-6-16-12(2)13-4-5-15(17-9-13)18-7-8-20-11-14(18)10-19/h4-5,9,12,14,16,19H,3,6-8,10-11H2,1-2H3. The topological polar surface area (TPSA) is 57.6 Å². The van der Waals surface area contributed by atoms with Gasteiger partial charge in [-0.25, -0.2) is 4.98 Å². The third-order valence-electron chi connectivity index (χ3n) is 3.70. The highest BCUT2D eigenvalue weighted by Crippen LogP contribution is 2.19. The predicted octanol–water partition coefficient (Wildman–Crippen LogP) is 1.34. The van der Waals surface area contributed by atoms with Crippen LogP contribution in [0.4, 0.5) is 5.82 Å². The van der Waals surface area contributed by atoms with Crippen LogP contribution in [0.1, 0.15) is 31.9 Å². The first-order valence-electron chi connectivity index (χ1n) is 7.40. The van der Waals surface area contributed by atoms with Gasteiger partial charge >= 0.3 is 0 Å². The molecule has 0 amide bonds. The van der Waals surface area contributed by atoms with Crippen molar-refractivity contribution in [2.75, 3.05) is 37.8 Å². The second kappa shape index (κ2) is 7.57. The van der Waals surface area contributed by atoms with Crippen molar-refractivity contribution < 1.29 is 9.84 Å². The summed E-state index contributed by atoms with van der Waals surface area (Å²) in [5, 5.41) is 12.9. The maximum Gasteiger partial charge on any atom is 0.128 e. The predicted molar refractivity (Wildman–Crippen MR) is 80.0 cm³/mol. The van der Waals surface area contributed by atoms with Crippen molar-refractivity contribution in [3.8, 4) is 0 Å². The van der Waals surface area contributed by atoms with Crippen LogP contribution in [0.3, 0.4) is 0 Å². The van der Waals surface area contributed by atoms with Gasteiger partial charge in [0, 0.05) is 18.8 Å². The molecule has 20 heavy (non-hydrogen) atoms. The maximum atomic E-state index is 9.40. The molecule has 1 fully saturated rings. The fourth-order valence-electron chi connectivity index (χ4n) is 2.41. The molecule has 1 aromatic heterocycles.